The molecular formula is C27H33N7O2. The number of rotatable bonds is 9. The molecule has 36 heavy (non-hydrogen) atoms. The summed E-state index contributed by atoms with van der Waals surface area (Å²) in [5.74, 6) is 0.982. The van der Waals surface area contributed by atoms with E-state index in [0.717, 1.165) is 47.3 Å². The SMILES string of the molecule is Cc1ccc2[nH]c(=O)c(CN(Cc3cccnc3)[C@@H](c3nnnn3C[C@@H]3CCCO3)C(C)C)cc2c1. The fourth-order valence-corrected chi connectivity index (χ4v) is 5.10. The second kappa shape index (κ2) is 10.7. The molecule has 3 aromatic heterocycles. The van der Waals surface area contributed by atoms with Gasteiger partial charge < -0.3 is 9.72 Å². The molecule has 9 heteroatoms. The van der Waals surface area contributed by atoms with Crippen LogP contribution in [0.2, 0.25) is 0 Å². The molecule has 4 aromatic rings. The van der Waals surface area contributed by atoms with E-state index in [1.54, 1.807) is 6.20 Å². The summed E-state index contributed by atoms with van der Waals surface area (Å²) in [4.78, 5) is 22.8. The molecule has 0 spiro atoms. The summed E-state index contributed by atoms with van der Waals surface area (Å²) in [6, 6.07) is 11.9. The van der Waals surface area contributed by atoms with Crippen molar-refractivity contribution in [1.29, 1.82) is 0 Å². The van der Waals surface area contributed by atoms with Crippen molar-refractivity contribution in [3.63, 3.8) is 0 Å². The van der Waals surface area contributed by atoms with Crippen LogP contribution in [0, 0.1) is 12.8 Å². The number of tetrazole rings is 1. The second-order valence-electron chi connectivity index (χ2n) is 10.0. The first-order valence-corrected chi connectivity index (χ1v) is 12.6. The number of hydrogen-bond acceptors (Lipinski definition) is 7. The Hall–Kier alpha value is -3.43. The molecule has 0 aliphatic carbocycles. The van der Waals surface area contributed by atoms with Gasteiger partial charge in [0.05, 0.1) is 18.7 Å². The molecule has 0 unspecified atom stereocenters. The van der Waals surface area contributed by atoms with Crippen LogP contribution in [-0.2, 0) is 24.4 Å². The number of benzene rings is 1. The maximum Gasteiger partial charge on any atom is 0.252 e. The molecule has 0 saturated carbocycles. The Bertz CT molecular complexity index is 1360. The minimum Gasteiger partial charge on any atom is -0.376 e. The lowest BCUT2D eigenvalue weighted by atomic mass is 9.99. The molecule has 1 aliphatic heterocycles. The standard InChI is InChI=1S/C27H33N7O2/c1-18(2)25(26-30-31-32-34(26)17-23-7-5-11-36-23)33(15-20-6-4-10-28-14-20)16-22-13-21-12-19(3)8-9-24(21)29-27(22)35/h4,6,8-10,12-14,18,23,25H,5,7,11,15-17H2,1-3H3,(H,29,35)/t23-,25+/m0/s1. The van der Waals surface area contributed by atoms with Crippen molar-refractivity contribution in [2.75, 3.05) is 6.61 Å². The maximum atomic E-state index is 13.1. The van der Waals surface area contributed by atoms with E-state index in [-0.39, 0.29) is 23.6 Å². The molecule has 2 atom stereocenters. The smallest absolute Gasteiger partial charge is 0.252 e. The number of H-pyrrole nitrogens is 1. The van der Waals surface area contributed by atoms with Crippen molar-refractivity contribution in [2.45, 2.75) is 65.4 Å². The average molecular weight is 488 g/mol. The number of ether oxygens (including phenoxy) is 1. The van der Waals surface area contributed by atoms with E-state index in [0.29, 0.717) is 25.2 Å². The van der Waals surface area contributed by atoms with Gasteiger partial charge in [-0.25, -0.2) is 4.68 Å². The van der Waals surface area contributed by atoms with E-state index in [1.807, 2.05) is 35.1 Å². The van der Waals surface area contributed by atoms with Crippen LogP contribution >= 0.6 is 0 Å². The monoisotopic (exact) mass is 487 g/mol. The maximum absolute atomic E-state index is 13.1. The summed E-state index contributed by atoms with van der Waals surface area (Å²) in [5, 5.41) is 13.8. The largest absolute Gasteiger partial charge is 0.376 e. The van der Waals surface area contributed by atoms with Gasteiger partial charge in [-0.1, -0.05) is 31.5 Å². The van der Waals surface area contributed by atoms with Crippen LogP contribution in [-0.4, -0.2) is 47.8 Å². The minimum atomic E-state index is -0.116. The van der Waals surface area contributed by atoms with Crippen molar-refractivity contribution in [3.8, 4) is 0 Å². The Morgan fingerprint density at radius 1 is 1.22 bits per heavy atom. The van der Waals surface area contributed by atoms with E-state index in [2.05, 4.69) is 63.3 Å². The number of aromatic nitrogens is 6. The van der Waals surface area contributed by atoms with Gasteiger partial charge in [-0.15, -0.1) is 5.10 Å². The first-order chi connectivity index (χ1) is 17.5. The summed E-state index contributed by atoms with van der Waals surface area (Å²) in [5.41, 5.74) is 3.69. The van der Waals surface area contributed by atoms with Crippen LogP contribution in [0.3, 0.4) is 0 Å². The van der Waals surface area contributed by atoms with Crippen LogP contribution < -0.4 is 5.56 Å². The minimum absolute atomic E-state index is 0.0796. The first-order valence-electron chi connectivity index (χ1n) is 12.6. The zero-order chi connectivity index (χ0) is 25.1. The predicted octanol–water partition coefficient (Wildman–Crippen LogP) is 3.80. The predicted molar refractivity (Wildman–Crippen MR) is 137 cm³/mol. The van der Waals surface area contributed by atoms with E-state index in [9.17, 15) is 4.79 Å². The zero-order valence-electron chi connectivity index (χ0n) is 21.1. The highest BCUT2D eigenvalue weighted by Gasteiger charge is 2.31. The lowest BCUT2D eigenvalue weighted by Crippen LogP contribution is -2.36. The number of pyridine rings is 2. The lowest BCUT2D eigenvalue weighted by Gasteiger charge is -2.33. The number of nitrogens with zero attached hydrogens (tertiary/aromatic N) is 6. The number of aryl methyl sites for hydroxylation is 1. The van der Waals surface area contributed by atoms with Gasteiger partial charge in [-0.3, -0.25) is 14.7 Å². The molecular weight excluding hydrogens is 454 g/mol. The Balaban J connectivity index is 1.53. The van der Waals surface area contributed by atoms with E-state index < -0.39 is 0 Å². The molecule has 9 nitrogen and oxygen atoms in total. The van der Waals surface area contributed by atoms with Gasteiger partial charge in [0.25, 0.3) is 5.56 Å². The Morgan fingerprint density at radius 2 is 2.11 bits per heavy atom. The fourth-order valence-electron chi connectivity index (χ4n) is 5.10. The molecule has 1 aromatic carbocycles. The Kier molecular flexibility index (Phi) is 7.20. The van der Waals surface area contributed by atoms with Gasteiger partial charge in [0, 0.05) is 43.2 Å². The van der Waals surface area contributed by atoms with Crippen LogP contribution in [0.15, 0.2) is 53.6 Å². The molecule has 0 amide bonds. The van der Waals surface area contributed by atoms with Gasteiger partial charge in [0.1, 0.15) is 0 Å². The Morgan fingerprint density at radius 3 is 2.86 bits per heavy atom. The summed E-state index contributed by atoms with van der Waals surface area (Å²) >= 11 is 0. The quantitative estimate of drug-likeness (QED) is 0.383. The first kappa shape index (κ1) is 24.3. The Labute approximate surface area is 210 Å². The molecule has 4 heterocycles. The van der Waals surface area contributed by atoms with Gasteiger partial charge in [0.2, 0.25) is 0 Å². The van der Waals surface area contributed by atoms with E-state index in [1.165, 1.54) is 0 Å². The summed E-state index contributed by atoms with van der Waals surface area (Å²) in [6.45, 7) is 8.86. The van der Waals surface area contributed by atoms with E-state index in [4.69, 9.17) is 4.74 Å². The van der Waals surface area contributed by atoms with E-state index >= 15 is 0 Å². The van der Waals surface area contributed by atoms with Gasteiger partial charge >= 0.3 is 0 Å². The number of hydrogen-bond donors (Lipinski definition) is 1. The van der Waals surface area contributed by atoms with Crippen LogP contribution in [0.4, 0.5) is 0 Å². The number of nitrogens with one attached hydrogen (secondary N) is 1. The highest BCUT2D eigenvalue weighted by atomic mass is 16.5. The highest BCUT2D eigenvalue weighted by molar-refractivity contribution is 5.79. The molecule has 5 rings (SSSR count). The second-order valence-corrected chi connectivity index (χ2v) is 10.0. The van der Waals surface area contributed by atoms with Crippen LogP contribution in [0.25, 0.3) is 10.9 Å². The van der Waals surface area contributed by atoms with Crippen LogP contribution in [0.1, 0.15) is 55.2 Å². The summed E-state index contributed by atoms with van der Waals surface area (Å²) in [7, 11) is 0. The van der Waals surface area contributed by atoms with Crippen molar-refractivity contribution in [1.82, 2.24) is 35.1 Å². The van der Waals surface area contributed by atoms with Gasteiger partial charge in [-0.2, -0.15) is 0 Å². The summed E-state index contributed by atoms with van der Waals surface area (Å²) in [6.07, 6.45) is 5.84. The van der Waals surface area contributed by atoms with Crippen molar-refractivity contribution >= 4 is 10.9 Å². The van der Waals surface area contributed by atoms with Crippen molar-refractivity contribution < 1.29 is 4.74 Å². The van der Waals surface area contributed by atoms with Crippen LogP contribution in [0.5, 0.6) is 0 Å². The molecule has 0 radical (unpaired) electrons. The molecule has 0 bridgehead atoms. The third-order valence-corrected chi connectivity index (χ3v) is 6.81. The molecule has 188 valence electrons. The zero-order valence-corrected chi connectivity index (χ0v) is 21.1. The molecule has 1 fully saturated rings. The normalized spacial score (nSPS) is 16.9. The number of fused-ring (bicyclic) bond motifs is 1. The highest BCUT2D eigenvalue weighted by Crippen LogP contribution is 2.30. The topological polar surface area (TPSA) is 102 Å². The van der Waals surface area contributed by atoms with Gasteiger partial charge in [0.15, 0.2) is 5.82 Å². The van der Waals surface area contributed by atoms with Crippen molar-refractivity contribution in [2.24, 2.45) is 5.92 Å². The number of aromatic amines is 1. The third kappa shape index (κ3) is 5.37. The molecule has 1 saturated heterocycles. The third-order valence-electron chi connectivity index (χ3n) is 6.81. The summed E-state index contributed by atoms with van der Waals surface area (Å²) < 4.78 is 7.74. The lowest BCUT2D eigenvalue weighted by molar-refractivity contribution is 0.0851. The van der Waals surface area contributed by atoms with Gasteiger partial charge in [-0.05, 0) is 71.3 Å². The molecule has 1 aliphatic rings. The average Bonchev–Trinajstić information content (AvgIpc) is 3.53. The fraction of sp³-hybridized carbons (Fsp3) is 0.444. The van der Waals surface area contributed by atoms with Crippen molar-refractivity contribution in [3.05, 3.63) is 81.7 Å². The molecule has 1 N–H and O–H groups in total.